The number of rotatable bonds is 3. The molecule has 0 N–H and O–H groups in total. The van der Waals surface area contributed by atoms with E-state index in [2.05, 4.69) is 28.7 Å². The lowest BCUT2D eigenvalue weighted by Gasteiger charge is -2.20. The molecule has 0 spiro atoms. The van der Waals surface area contributed by atoms with Gasteiger partial charge in [-0.1, -0.05) is 0 Å². The Morgan fingerprint density at radius 2 is 1.93 bits per heavy atom. The number of hydrogen-bond donors (Lipinski definition) is 0. The molecule has 0 atom stereocenters. The molecule has 0 bridgehead atoms. The molecule has 1 radical (unpaired) electrons. The molecule has 0 saturated heterocycles. The molecule has 0 unspecified atom stereocenters. The van der Waals surface area contributed by atoms with Gasteiger partial charge in [-0.2, -0.15) is 0 Å². The summed E-state index contributed by atoms with van der Waals surface area (Å²) in [5.41, 5.74) is 0.918. The van der Waals surface area contributed by atoms with Crippen molar-refractivity contribution in [3.8, 4) is 11.5 Å². The predicted molar refractivity (Wildman–Crippen MR) is 65.4 cm³/mol. The fourth-order valence-corrected chi connectivity index (χ4v) is 1.87. The molecular formula is C10H13INO2. The maximum absolute atomic E-state index is 5.33. The predicted octanol–water partition coefficient (Wildman–Crippen LogP) is 2.17. The van der Waals surface area contributed by atoms with Crippen molar-refractivity contribution in [1.29, 1.82) is 0 Å². The lowest BCUT2D eigenvalue weighted by Crippen LogP contribution is -2.12. The standard InChI is InChI=1S/C10H13INO2/c1-12(2)9-8(13-3)6-5-7(11)10(9)14-4/h5H,1-4H3. The maximum atomic E-state index is 5.33. The van der Waals surface area contributed by atoms with Crippen molar-refractivity contribution in [2.45, 2.75) is 0 Å². The number of anilines is 1. The highest BCUT2D eigenvalue weighted by Crippen LogP contribution is 2.39. The van der Waals surface area contributed by atoms with Gasteiger partial charge in [-0.05, 0) is 28.7 Å². The molecule has 0 aliphatic heterocycles. The molecule has 0 fully saturated rings. The molecule has 0 amide bonds. The summed E-state index contributed by atoms with van der Waals surface area (Å²) >= 11 is 2.21. The zero-order valence-corrected chi connectivity index (χ0v) is 10.9. The third kappa shape index (κ3) is 2.05. The van der Waals surface area contributed by atoms with Gasteiger partial charge in [0.15, 0.2) is 11.5 Å². The monoisotopic (exact) mass is 306 g/mol. The quantitative estimate of drug-likeness (QED) is 0.799. The van der Waals surface area contributed by atoms with Crippen LogP contribution in [-0.4, -0.2) is 28.3 Å². The molecule has 1 rings (SSSR count). The number of hydrogen-bond acceptors (Lipinski definition) is 3. The van der Waals surface area contributed by atoms with Gasteiger partial charge in [0.2, 0.25) is 0 Å². The van der Waals surface area contributed by atoms with E-state index in [4.69, 9.17) is 9.47 Å². The van der Waals surface area contributed by atoms with Gasteiger partial charge in [0.05, 0.1) is 17.8 Å². The van der Waals surface area contributed by atoms with Crippen molar-refractivity contribution >= 4 is 28.3 Å². The first-order valence-electron chi connectivity index (χ1n) is 4.11. The fraction of sp³-hybridized carbons (Fsp3) is 0.400. The van der Waals surface area contributed by atoms with Crippen LogP contribution in [0.3, 0.4) is 0 Å². The van der Waals surface area contributed by atoms with Gasteiger partial charge in [0.25, 0.3) is 0 Å². The minimum absolute atomic E-state index is 0.701. The van der Waals surface area contributed by atoms with Crippen molar-refractivity contribution in [3.05, 3.63) is 15.7 Å². The van der Waals surface area contributed by atoms with Gasteiger partial charge in [-0.3, -0.25) is 0 Å². The molecular weight excluding hydrogens is 293 g/mol. The second-order valence-corrected chi connectivity index (χ2v) is 4.11. The number of nitrogens with zero attached hydrogens (tertiary/aromatic N) is 1. The molecule has 77 valence electrons. The molecule has 0 saturated carbocycles. The van der Waals surface area contributed by atoms with E-state index in [1.165, 1.54) is 0 Å². The van der Waals surface area contributed by atoms with Gasteiger partial charge in [-0.25, -0.2) is 0 Å². The van der Waals surface area contributed by atoms with Crippen LogP contribution in [0.4, 0.5) is 5.69 Å². The summed E-state index contributed by atoms with van der Waals surface area (Å²) < 4.78 is 11.6. The first kappa shape index (κ1) is 11.4. The number of ether oxygens (including phenoxy) is 2. The van der Waals surface area contributed by atoms with E-state index in [1.807, 2.05) is 25.1 Å². The zero-order chi connectivity index (χ0) is 10.7. The van der Waals surface area contributed by atoms with Crippen molar-refractivity contribution < 1.29 is 9.47 Å². The first-order chi connectivity index (χ1) is 6.61. The van der Waals surface area contributed by atoms with Crippen molar-refractivity contribution in [2.75, 3.05) is 33.2 Å². The Kier molecular flexibility index (Phi) is 3.86. The summed E-state index contributed by atoms with van der Waals surface area (Å²) in [5, 5.41) is 0. The molecule has 0 aliphatic rings. The molecule has 0 aliphatic carbocycles. The molecule has 14 heavy (non-hydrogen) atoms. The Balaban J connectivity index is 3.36. The third-order valence-corrected chi connectivity index (χ3v) is 2.63. The van der Waals surface area contributed by atoms with Crippen LogP contribution in [0.15, 0.2) is 6.07 Å². The molecule has 1 aromatic rings. The van der Waals surface area contributed by atoms with E-state index in [0.717, 1.165) is 15.0 Å². The van der Waals surface area contributed by atoms with E-state index < -0.39 is 0 Å². The summed E-state index contributed by atoms with van der Waals surface area (Å²) in [6.45, 7) is 0. The second kappa shape index (κ2) is 4.72. The summed E-state index contributed by atoms with van der Waals surface area (Å²) in [5.74, 6) is 1.53. The Morgan fingerprint density at radius 3 is 2.36 bits per heavy atom. The van der Waals surface area contributed by atoms with Crippen LogP contribution >= 0.6 is 22.6 Å². The molecule has 4 heteroatoms. The topological polar surface area (TPSA) is 21.7 Å². The summed E-state index contributed by atoms with van der Waals surface area (Å²) in [4.78, 5) is 1.95. The smallest absolute Gasteiger partial charge is 0.159 e. The minimum Gasteiger partial charge on any atom is -0.494 e. The van der Waals surface area contributed by atoms with Gasteiger partial charge in [0, 0.05) is 20.2 Å². The van der Waals surface area contributed by atoms with Crippen molar-refractivity contribution in [2.24, 2.45) is 0 Å². The zero-order valence-electron chi connectivity index (χ0n) is 8.72. The summed E-state index contributed by atoms with van der Waals surface area (Å²) in [6, 6.07) is 4.91. The van der Waals surface area contributed by atoms with E-state index in [9.17, 15) is 0 Å². The van der Waals surface area contributed by atoms with Crippen molar-refractivity contribution in [3.63, 3.8) is 0 Å². The Hall–Kier alpha value is -0.650. The van der Waals surface area contributed by atoms with Crippen LogP contribution in [0, 0.1) is 9.64 Å². The SMILES string of the molecule is COc1[c]cc(I)c(OC)c1N(C)C. The average Bonchev–Trinajstić information content (AvgIpc) is 2.17. The van der Waals surface area contributed by atoms with Gasteiger partial charge in [0.1, 0.15) is 5.69 Å². The Bertz CT molecular complexity index is 326. The first-order valence-corrected chi connectivity index (χ1v) is 5.19. The molecule has 3 nitrogen and oxygen atoms in total. The van der Waals surface area contributed by atoms with Gasteiger partial charge >= 0.3 is 0 Å². The van der Waals surface area contributed by atoms with Gasteiger partial charge in [-0.15, -0.1) is 0 Å². The van der Waals surface area contributed by atoms with Crippen molar-refractivity contribution in [1.82, 2.24) is 0 Å². The molecule has 1 aromatic carbocycles. The lowest BCUT2D eigenvalue weighted by atomic mass is 10.2. The average molecular weight is 306 g/mol. The third-order valence-electron chi connectivity index (χ3n) is 1.83. The number of benzene rings is 1. The van der Waals surface area contributed by atoms with Crippen LogP contribution in [0.2, 0.25) is 0 Å². The Morgan fingerprint density at radius 1 is 1.29 bits per heavy atom. The number of halogens is 1. The lowest BCUT2D eigenvalue weighted by molar-refractivity contribution is 0.393. The summed E-state index contributed by atoms with van der Waals surface area (Å²) in [7, 11) is 7.18. The molecule has 0 heterocycles. The fourth-order valence-electron chi connectivity index (χ4n) is 1.23. The largest absolute Gasteiger partial charge is 0.494 e. The van der Waals surface area contributed by atoms with Gasteiger partial charge < -0.3 is 14.4 Å². The van der Waals surface area contributed by atoms with E-state index in [-0.39, 0.29) is 0 Å². The highest BCUT2D eigenvalue weighted by Gasteiger charge is 2.15. The highest BCUT2D eigenvalue weighted by molar-refractivity contribution is 14.1. The van der Waals surface area contributed by atoms with Crippen LogP contribution in [0.1, 0.15) is 0 Å². The van der Waals surface area contributed by atoms with Crippen LogP contribution in [0.25, 0.3) is 0 Å². The molecule has 0 aromatic heterocycles. The van der Waals surface area contributed by atoms with Crippen LogP contribution < -0.4 is 14.4 Å². The normalized spacial score (nSPS) is 9.79. The van der Waals surface area contributed by atoms with E-state index >= 15 is 0 Å². The highest BCUT2D eigenvalue weighted by atomic mass is 127. The van der Waals surface area contributed by atoms with Crippen LogP contribution in [-0.2, 0) is 0 Å². The summed E-state index contributed by atoms with van der Waals surface area (Å²) in [6.07, 6.45) is 0. The maximum Gasteiger partial charge on any atom is 0.159 e. The van der Waals surface area contributed by atoms with E-state index in [0.29, 0.717) is 5.75 Å². The Labute approximate surface area is 98.1 Å². The van der Waals surface area contributed by atoms with Crippen LogP contribution in [0.5, 0.6) is 11.5 Å². The number of methoxy groups -OCH3 is 2. The van der Waals surface area contributed by atoms with E-state index in [1.54, 1.807) is 14.2 Å². The minimum atomic E-state index is 0.701. The second-order valence-electron chi connectivity index (χ2n) is 2.95.